The van der Waals surface area contributed by atoms with Gasteiger partial charge in [-0.25, -0.2) is 4.79 Å². The van der Waals surface area contributed by atoms with Gasteiger partial charge in [0.2, 0.25) is 0 Å². The predicted octanol–water partition coefficient (Wildman–Crippen LogP) is 6.95. The van der Waals surface area contributed by atoms with E-state index < -0.39 is 28.8 Å². The third kappa shape index (κ3) is 5.19. The van der Waals surface area contributed by atoms with Crippen LogP contribution in [-0.4, -0.2) is 70.6 Å². The minimum absolute atomic E-state index is 0.172. The van der Waals surface area contributed by atoms with E-state index in [-0.39, 0.29) is 57.3 Å². The first-order valence-electron chi connectivity index (χ1n) is 19.2. The molecule has 6 rings (SSSR count). The van der Waals surface area contributed by atoms with Gasteiger partial charge in [0, 0.05) is 16.4 Å². The lowest BCUT2D eigenvalue weighted by molar-refractivity contribution is -0.253. The fourth-order valence-electron chi connectivity index (χ4n) is 12.2. The molecule has 280 valence electrons. The highest BCUT2D eigenvalue weighted by molar-refractivity contribution is 5.86. The Morgan fingerprint density at radius 3 is 2.42 bits per heavy atom. The highest BCUT2D eigenvalue weighted by atomic mass is 16.5. The van der Waals surface area contributed by atoms with Gasteiger partial charge in [-0.15, -0.1) is 5.10 Å². The highest BCUT2D eigenvalue weighted by Gasteiger charge is 2.72. The molecule has 12 atom stereocenters. The van der Waals surface area contributed by atoms with Crippen molar-refractivity contribution in [3.63, 3.8) is 0 Å². The molecule has 4 aliphatic carbocycles. The summed E-state index contributed by atoms with van der Waals surface area (Å²) < 4.78 is 18.6. The Labute approximate surface area is 299 Å². The van der Waals surface area contributed by atoms with Crippen LogP contribution in [0.5, 0.6) is 0 Å². The fourth-order valence-corrected chi connectivity index (χ4v) is 12.2. The second-order valence-corrected chi connectivity index (χ2v) is 19.1. The number of carboxylic acids is 1. The zero-order valence-electron chi connectivity index (χ0n) is 32.5. The number of rotatable bonds is 9. The van der Waals surface area contributed by atoms with Gasteiger partial charge in [0.05, 0.1) is 51.2 Å². The SMILES string of the molecule is COC(=O)c1cnn([C@@H]2C[C@@]34COC[C@@](C)([C@@H]3CC[C@H]3C4=CC[C@@]4(C)[C@H](C(=O)O)[C@@](C)([C@H](C)C(C)C)CC[C@]34C)[C@H]2OC[C@](C)(N)C(C)C)n1. The van der Waals surface area contributed by atoms with Crippen molar-refractivity contribution in [3.8, 4) is 0 Å². The molecule has 50 heavy (non-hydrogen) atoms. The molecule has 3 saturated carbocycles. The Bertz CT molecular complexity index is 1520. The Kier molecular flexibility index (Phi) is 9.29. The molecule has 10 nitrogen and oxygen atoms in total. The summed E-state index contributed by atoms with van der Waals surface area (Å²) in [6.07, 6.45) is 9.03. The minimum Gasteiger partial charge on any atom is -0.481 e. The Morgan fingerprint density at radius 2 is 1.80 bits per heavy atom. The zero-order chi connectivity index (χ0) is 36.8. The van der Waals surface area contributed by atoms with Gasteiger partial charge in [-0.1, -0.05) is 74.0 Å². The maximum atomic E-state index is 13.5. The molecule has 0 amide bonds. The number of allylic oxidation sites excluding steroid dienone is 1. The van der Waals surface area contributed by atoms with Gasteiger partial charge in [0.1, 0.15) is 0 Å². The monoisotopic (exact) mass is 696 g/mol. The summed E-state index contributed by atoms with van der Waals surface area (Å²) in [6.45, 7) is 23.8. The molecule has 0 unspecified atom stereocenters. The maximum Gasteiger partial charge on any atom is 0.360 e. The van der Waals surface area contributed by atoms with Crippen molar-refractivity contribution in [3.05, 3.63) is 23.5 Å². The van der Waals surface area contributed by atoms with Gasteiger partial charge in [0.25, 0.3) is 0 Å². The number of ether oxygens (including phenoxy) is 3. The van der Waals surface area contributed by atoms with Gasteiger partial charge in [-0.3, -0.25) is 4.79 Å². The number of hydrogen-bond acceptors (Lipinski definition) is 8. The van der Waals surface area contributed by atoms with Crippen LogP contribution in [0.1, 0.15) is 124 Å². The second-order valence-electron chi connectivity index (χ2n) is 19.1. The van der Waals surface area contributed by atoms with Crippen molar-refractivity contribution in [1.82, 2.24) is 15.0 Å². The van der Waals surface area contributed by atoms with Gasteiger partial charge in [0.15, 0.2) is 5.69 Å². The normalized spacial score (nSPS) is 42.8. The molecule has 0 spiro atoms. The van der Waals surface area contributed by atoms with Gasteiger partial charge in [-0.2, -0.15) is 9.90 Å². The van der Waals surface area contributed by atoms with E-state index in [2.05, 4.69) is 73.5 Å². The first kappa shape index (κ1) is 37.5. The zero-order valence-corrected chi connectivity index (χ0v) is 32.5. The van der Waals surface area contributed by atoms with Crippen LogP contribution in [-0.2, 0) is 19.0 Å². The average Bonchev–Trinajstić information content (AvgIpc) is 3.54. The first-order chi connectivity index (χ1) is 23.2. The standard InChI is InChI=1S/C40H64N4O6/c1-23(2)25(5)35(6)16-17-37(8)26-12-13-30-36(7)20-49-22-40(30,27(26)14-15-38(37,9)31(35)33(45)46)18-29(32(36)50-21-39(10,41)24(3)4)44-42-19-28(43-44)34(47)48-11/h14,19,23-26,29-32H,12-13,15-18,20-22,41H2,1-11H3,(H,45,46)/t25-,26+,29-,30+,31-,32+,35-,36+,37-,38+,39+,40+/m1/s1. The number of carboxylic acid groups (broad SMARTS) is 1. The van der Waals surface area contributed by atoms with Crippen LogP contribution in [0.3, 0.4) is 0 Å². The number of carbonyl (C=O) groups is 2. The number of hydrogen-bond donors (Lipinski definition) is 2. The summed E-state index contributed by atoms with van der Waals surface area (Å²) in [5.41, 5.74) is 6.32. The van der Waals surface area contributed by atoms with Crippen LogP contribution in [0.2, 0.25) is 0 Å². The molecule has 10 heteroatoms. The number of fused-ring (bicyclic) bond motifs is 3. The quantitative estimate of drug-likeness (QED) is 0.207. The van der Waals surface area contributed by atoms with E-state index in [1.54, 1.807) is 4.80 Å². The van der Waals surface area contributed by atoms with Crippen LogP contribution in [0.15, 0.2) is 17.8 Å². The van der Waals surface area contributed by atoms with Crippen molar-refractivity contribution in [1.29, 1.82) is 0 Å². The largest absolute Gasteiger partial charge is 0.481 e. The van der Waals surface area contributed by atoms with Crippen LogP contribution >= 0.6 is 0 Å². The predicted molar refractivity (Wildman–Crippen MR) is 191 cm³/mol. The van der Waals surface area contributed by atoms with E-state index in [1.165, 1.54) is 18.9 Å². The molecule has 1 aliphatic heterocycles. The Hall–Kier alpha value is -2.30. The number of esters is 1. The molecule has 0 radical (unpaired) electrons. The molecule has 2 bridgehead atoms. The highest BCUT2D eigenvalue weighted by Crippen LogP contribution is 2.75. The van der Waals surface area contributed by atoms with Crippen molar-refractivity contribution >= 4 is 11.9 Å². The van der Waals surface area contributed by atoms with Crippen LogP contribution in [0.25, 0.3) is 0 Å². The molecule has 3 N–H and O–H groups in total. The molecular weight excluding hydrogens is 632 g/mol. The molecule has 1 aromatic heterocycles. The number of aromatic nitrogens is 3. The number of nitrogens with zero attached hydrogens (tertiary/aromatic N) is 3. The summed E-state index contributed by atoms with van der Waals surface area (Å²) in [7, 11) is 1.35. The lowest BCUT2D eigenvalue weighted by Gasteiger charge is -2.71. The summed E-state index contributed by atoms with van der Waals surface area (Å²) in [4.78, 5) is 27.7. The third-order valence-corrected chi connectivity index (χ3v) is 16.2. The van der Waals surface area contributed by atoms with E-state index in [0.29, 0.717) is 38.1 Å². The topological polar surface area (TPSA) is 139 Å². The number of aliphatic carboxylic acids is 1. The molecule has 0 aromatic carbocycles. The van der Waals surface area contributed by atoms with Gasteiger partial charge >= 0.3 is 11.9 Å². The average molecular weight is 697 g/mol. The number of methoxy groups -OCH3 is 1. The summed E-state index contributed by atoms with van der Waals surface area (Å²) >= 11 is 0. The third-order valence-electron chi connectivity index (χ3n) is 16.2. The van der Waals surface area contributed by atoms with E-state index in [1.807, 2.05) is 6.92 Å². The van der Waals surface area contributed by atoms with Crippen LogP contribution in [0.4, 0.5) is 0 Å². The molecule has 2 heterocycles. The van der Waals surface area contributed by atoms with Crippen molar-refractivity contribution in [2.24, 2.45) is 68.3 Å². The van der Waals surface area contributed by atoms with Crippen molar-refractivity contribution < 1.29 is 28.9 Å². The lowest BCUT2D eigenvalue weighted by Crippen LogP contribution is -2.69. The first-order valence-corrected chi connectivity index (χ1v) is 19.2. The Balaban J connectivity index is 1.46. The lowest BCUT2D eigenvalue weighted by atomic mass is 9.34. The molecule has 4 fully saturated rings. The minimum atomic E-state index is -0.650. The summed E-state index contributed by atoms with van der Waals surface area (Å²) in [6, 6.07) is -0.268. The fraction of sp³-hybridized carbons (Fsp3) is 0.850. The summed E-state index contributed by atoms with van der Waals surface area (Å²) in [5.74, 6) is -0.177. The molecular formula is C40H64N4O6. The Morgan fingerprint density at radius 1 is 1.10 bits per heavy atom. The van der Waals surface area contributed by atoms with E-state index >= 15 is 0 Å². The molecule has 1 aromatic rings. The van der Waals surface area contributed by atoms with Gasteiger partial charge < -0.3 is 25.1 Å². The second kappa shape index (κ2) is 12.4. The van der Waals surface area contributed by atoms with Crippen LogP contribution < -0.4 is 5.73 Å². The summed E-state index contributed by atoms with van der Waals surface area (Å²) in [5, 5.41) is 20.4. The smallest absolute Gasteiger partial charge is 0.360 e. The van der Waals surface area contributed by atoms with Crippen molar-refractivity contribution in [2.75, 3.05) is 26.9 Å². The van der Waals surface area contributed by atoms with E-state index in [0.717, 1.165) is 32.1 Å². The number of nitrogens with two attached hydrogens (primary N) is 1. The molecule has 1 saturated heterocycles. The van der Waals surface area contributed by atoms with E-state index in [9.17, 15) is 14.7 Å². The van der Waals surface area contributed by atoms with Gasteiger partial charge in [-0.05, 0) is 91.3 Å². The van der Waals surface area contributed by atoms with E-state index in [4.69, 9.17) is 25.0 Å². The number of carbonyl (C=O) groups excluding carboxylic acids is 1. The van der Waals surface area contributed by atoms with Crippen molar-refractivity contribution in [2.45, 2.75) is 125 Å². The van der Waals surface area contributed by atoms with Crippen LogP contribution in [0, 0.1) is 62.6 Å². The maximum absolute atomic E-state index is 13.5. The molecule has 5 aliphatic rings.